The van der Waals surface area contributed by atoms with Gasteiger partial charge in [-0.1, -0.05) is 0 Å². The zero-order valence-corrected chi connectivity index (χ0v) is 6.59. The van der Waals surface area contributed by atoms with Crippen molar-refractivity contribution >= 4 is 0 Å². The van der Waals surface area contributed by atoms with Crippen LogP contribution in [0.2, 0.25) is 0 Å². The molecule has 2 atom stereocenters. The van der Waals surface area contributed by atoms with E-state index < -0.39 is 6.17 Å². The number of hydrogen-bond donors (Lipinski definition) is 1. The van der Waals surface area contributed by atoms with Crippen molar-refractivity contribution < 1.29 is 9.50 Å². The van der Waals surface area contributed by atoms with Crippen LogP contribution in [0, 0.1) is 0 Å². The number of rotatable bonds is 1. The third kappa shape index (κ3) is 0.983. The molecule has 0 aromatic heterocycles. The first-order chi connectivity index (χ1) is 5.27. The zero-order chi connectivity index (χ0) is 7.90. The Labute approximate surface area is 66.0 Å². The lowest BCUT2D eigenvalue weighted by Gasteiger charge is -2.28. The van der Waals surface area contributed by atoms with E-state index in [1.807, 2.05) is 0 Å². The highest BCUT2D eigenvalue weighted by molar-refractivity contribution is 5.03. The number of aliphatic hydroxyl groups excluding tert-OH is 1. The van der Waals surface area contributed by atoms with Crippen molar-refractivity contribution in [3.8, 4) is 0 Å². The van der Waals surface area contributed by atoms with Gasteiger partial charge < -0.3 is 5.11 Å². The summed E-state index contributed by atoms with van der Waals surface area (Å²) < 4.78 is 12.9. The van der Waals surface area contributed by atoms with Gasteiger partial charge in [-0.15, -0.1) is 0 Å². The van der Waals surface area contributed by atoms with Gasteiger partial charge in [0.2, 0.25) is 0 Å². The molecule has 1 N–H and O–H groups in total. The summed E-state index contributed by atoms with van der Waals surface area (Å²) in [7, 11) is 0. The molecular formula is C8H14FNO. The summed E-state index contributed by atoms with van der Waals surface area (Å²) >= 11 is 0. The lowest BCUT2D eigenvalue weighted by atomic mass is 9.95. The number of aliphatic hydroxyl groups is 1. The molecule has 2 rings (SSSR count). The molecule has 0 bridgehead atoms. The van der Waals surface area contributed by atoms with E-state index in [4.69, 9.17) is 5.11 Å². The Morgan fingerprint density at radius 1 is 1.64 bits per heavy atom. The normalized spacial score (nSPS) is 44.7. The first-order valence-corrected chi connectivity index (χ1v) is 4.27. The van der Waals surface area contributed by atoms with Gasteiger partial charge in [0.05, 0.1) is 6.61 Å². The molecule has 0 radical (unpaired) electrons. The van der Waals surface area contributed by atoms with E-state index in [0.29, 0.717) is 13.0 Å². The smallest absolute Gasteiger partial charge is 0.115 e. The summed E-state index contributed by atoms with van der Waals surface area (Å²) in [5.74, 6) is 0. The predicted molar refractivity (Wildman–Crippen MR) is 40.1 cm³/mol. The van der Waals surface area contributed by atoms with Crippen LogP contribution in [0.25, 0.3) is 0 Å². The van der Waals surface area contributed by atoms with E-state index in [-0.39, 0.29) is 12.1 Å². The van der Waals surface area contributed by atoms with Gasteiger partial charge in [0, 0.05) is 18.5 Å². The van der Waals surface area contributed by atoms with Crippen molar-refractivity contribution in [1.82, 2.24) is 4.90 Å². The van der Waals surface area contributed by atoms with Crippen LogP contribution < -0.4 is 0 Å². The van der Waals surface area contributed by atoms with Crippen LogP contribution in [-0.2, 0) is 0 Å². The average molecular weight is 159 g/mol. The van der Waals surface area contributed by atoms with Crippen LogP contribution in [0.4, 0.5) is 4.39 Å². The Balaban J connectivity index is 2.15. The van der Waals surface area contributed by atoms with Crippen molar-refractivity contribution in [2.75, 3.05) is 19.7 Å². The fourth-order valence-corrected chi connectivity index (χ4v) is 2.47. The first-order valence-electron chi connectivity index (χ1n) is 4.27. The minimum absolute atomic E-state index is 0.132. The summed E-state index contributed by atoms with van der Waals surface area (Å²) in [5, 5.41) is 9.14. The maximum atomic E-state index is 12.9. The highest BCUT2D eigenvalue weighted by Crippen LogP contribution is 2.39. The van der Waals surface area contributed by atoms with E-state index in [1.54, 1.807) is 0 Å². The van der Waals surface area contributed by atoms with Crippen LogP contribution in [-0.4, -0.2) is 41.4 Å². The second-order valence-corrected chi connectivity index (χ2v) is 3.73. The van der Waals surface area contributed by atoms with Crippen LogP contribution in [0.3, 0.4) is 0 Å². The third-order valence-corrected chi connectivity index (χ3v) is 3.06. The fourth-order valence-electron chi connectivity index (χ4n) is 2.47. The van der Waals surface area contributed by atoms with Gasteiger partial charge in [-0.3, -0.25) is 4.90 Å². The van der Waals surface area contributed by atoms with E-state index >= 15 is 0 Å². The van der Waals surface area contributed by atoms with Crippen molar-refractivity contribution in [3.05, 3.63) is 0 Å². The van der Waals surface area contributed by atoms with Crippen molar-refractivity contribution in [2.45, 2.75) is 31.0 Å². The number of fused-ring (bicyclic) bond motifs is 1. The Hall–Kier alpha value is -0.150. The molecule has 2 nitrogen and oxygen atoms in total. The molecule has 0 unspecified atom stereocenters. The van der Waals surface area contributed by atoms with Crippen LogP contribution in [0.15, 0.2) is 0 Å². The monoisotopic (exact) mass is 159 g/mol. The van der Waals surface area contributed by atoms with Gasteiger partial charge in [-0.05, 0) is 19.4 Å². The van der Waals surface area contributed by atoms with E-state index in [9.17, 15) is 4.39 Å². The Morgan fingerprint density at radius 3 is 3.09 bits per heavy atom. The second-order valence-electron chi connectivity index (χ2n) is 3.73. The molecule has 3 heteroatoms. The molecule has 64 valence electrons. The van der Waals surface area contributed by atoms with Crippen LogP contribution >= 0.6 is 0 Å². The molecule has 2 aliphatic rings. The van der Waals surface area contributed by atoms with Gasteiger partial charge in [0.15, 0.2) is 0 Å². The highest BCUT2D eigenvalue weighted by Gasteiger charge is 2.47. The van der Waals surface area contributed by atoms with Crippen molar-refractivity contribution in [2.24, 2.45) is 0 Å². The van der Waals surface area contributed by atoms with Gasteiger partial charge in [-0.25, -0.2) is 4.39 Å². The number of nitrogens with zero attached hydrogens (tertiary/aromatic N) is 1. The lowest BCUT2D eigenvalue weighted by molar-refractivity contribution is 0.0996. The van der Waals surface area contributed by atoms with E-state index in [1.165, 1.54) is 0 Å². The van der Waals surface area contributed by atoms with E-state index in [0.717, 1.165) is 19.4 Å². The number of alkyl halides is 1. The Bertz CT molecular complexity index is 164. The maximum Gasteiger partial charge on any atom is 0.115 e. The predicted octanol–water partition coefficient (Wildman–Crippen LogP) is 0.555. The lowest BCUT2D eigenvalue weighted by Crippen LogP contribution is -2.41. The van der Waals surface area contributed by atoms with Gasteiger partial charge in [-0.2, -0.15) is 0 Å². The number of halogens is 1. The fraction of sp³-hybridized carbons (Fsp3) is 1.00. The Morgan fingerprint density at radius 2 is 2.45 bits per heavy atom. The summed E-state index contributed by atoms with van der Waals surface area (Å²) in [4.78, 5) is 2.11. The van der Waals surface area contributed by atoms with Gasteiger partial charge in [0.25, 0.3) is 0 Å². The van der Waals surface area contributed by atoms with Gasteiger partial charge in [0.1, 0.15) is 6.17 Å². The molecule has 2 fully saturated rings. The molecule has 2 saturated heterocycles. The van der Waals surface area contributed by atoms with Crippen LogP contribution in [0.1, 0.15) is 19.3 Å². The minimum Gasteiger partial charge on any atom is -0.394 e. The molecule has 0 spiro atoms. The molecule has 0 aromatic rings. The molecule has 11 heavy (non-hydrogen) atoms. The Kier molecular flexibility index (Phi) is 1.65. The molecule has 0 aliphatic carbocycles. The largest absolute Gasteiger partial charge is 0.394 e. The minimum atomic E-state index is -0.706. The van der Waals surface area contributed by atoms with Crippen molar-refractivity contribution in [1.29, 1.82) is 0 Å². The second kappa shape index (κ2) is 2.42. The third-order valence-electron chi connectivity index (χ3n) is 3.06. The molecule has 0 aromatic carbocycles. The summed E-state index contributed by atoms with van der Waals surface area (Å²) in [6.45, 7) is 1.65. The number of hydrogen-bond acceptors (Lipinski definition) is 2. The molecular weight excluding hydrogens is 145 g/mol. The molecule has 0 amide bonds. The summed E-state index contributed by atoms with van der Waals surface area (Å²) in [6.07, 6.45) is 1.93. The quantitative estimate of drug-likeness (QED) is 0.604. The van der Waals surface area contributed by atoms with E-state index in [2.05, 4.69) is 4.90 Å². The molecule has 0 saturated carbocycles. The average Bonchev–Trinajstić information content (AvgIpc) is 2.43. The van der Waals surface area contributed by atoms with Gasteiger partial charge >= 0.3 is 0 Å². The first kappa shape index (κ1) is 7.50. The maximum absolute atomic E-state index is 12.9. The topological polar surface area (TPSA) is 23.5 Å². The molecule has 2 heterocycles. The standard InChI is InChI=1S/C8H14FNO/c9-7-4-8(6-11)2-1-3-10(8)5-7/h7,11H,1-6H2/t7-,8-/m1/s1. The zero-order valence-electron chi connectivity index (χ0n) is 6.59. The highest BCUT2D eigenvalue weighted by atomic mass is 19.1. The summed E-state index contributed by atoms with van der Waals surface area (Å²) in [6, 6.07) is 0. The SMILES string of the molecule is OC[C@]12CCCN1C[C@H](F)C2. The van der Waals surface area contributed by atoms with Crippen molar-refractivity contribution in [3.63, 3.8) is 0 Å². The molecule has 2 aliphatic heterocycles. The summed E-state index contributed by atoms with van der Waals surface area (Å²) in [5.41, 5.74) is -0.167. The van der Waals surface area contributed by atoms with Crippen LogP contribution in [0.5, 0.6) is 0 Å².